The molecule has 14 heavy (non-hydrogen) atoms. The molecule has 0 unspecified atom stereocenters. The zero-order valence-corrected chi connectivity index (χ0v) is 8.86. The van der Waals surface area contributed by atoms with Crippen LogP contribution in [0.5, 0.6) is 0 Å². The second-order valence-corrected chi connectivity index (χ2v) is 3.23. The Balaban J connectivity index is 2.50. The number of furan rings is 1. The zero-order valence-electron chi connectivity index (χ0n) is 8.86. The molecule has 0 fully saturated rings. The van der Waals surface area contributed by atoms with Crippen LogP contribution in [0.4, 0.5) is 4.79 Å². The van der Waals surface area contributed by atoms with Crippen molar-refractivity contribution < 1.29 is 9.21 Å². The molecule has 4 heteroatoms. The second kappa shape index (κ2) is 4.69. The lowest BCUT2D eigenvalue weighted by Crippen LogP contribution is -2.38. The maximum absolute atomic E-state index is 11.6. The molecule has 0 spiro atoms. The Morgan fingerprint density at radius 2 is 2.14 bits per heavy atom. The minimum atomic E-state index is 0.00361. The molecule has 0 aliphatic carbocycles. The van der Waals surface area contributed by atoms with Crippen LogP contribution in [0, 0.1) is 0 Å². The Labute approximate surface area is 84.1 Å². The number of carbonyl (C=O) groups excluding carboxylic acids is 1. The van der Waals surface area contributed by atoms with Gasteiger partial charge in [-0.3, -0.25) is 0 Å². The predicted octanol–water partition coefficient (Wildman–Crippen LogP) is 1.78. The average Bonchev–Trinajstić information content (AvgIpc) is 2.68. The number of carbonyl (C=O) groups is 1. The highest BCUT2D eigenvalue weighted by Crippen LogP contribution is 2.05. The van der Waals surface area contributed by atoms with Crippen LogP contribution >= 0.6 is 0 Å². The highest BCUT2D eigenvalue weighted by molar-refractivity contribution is 5.73. The topological polar surface area (TPSA) is 36.7 Å². The van der Waals surface area contributed by atoms with Gasteiger partial charge in [-0.1, -0.05) is 0 Å². The third-order valence-electron chi connectivity index (χ3n) is 2.10. The standard InChI is InChI=1S/C10H16N2O2/c1-4-11(2)10(13)12(3)8-9-6-5-7-14-9/h5-7H,4,8H2,1-3H3. The van der Waals surface area contributed by atoms with Gasteiger partial charge in [0, 0.05) is 20.6 Å². The van der Waals surface area contributed by atoms with Gasteiger partial charge >= 0.3 is 6.03 Å². The van der Waals surface area contributed by atoms with E-state index in [2.05, 4.69) is 0 Å². The summed E-state index contributed by atoms with van der Waals surface area (Å²) in [6.45, 7) is 3.16. The summed E-state index contributed by atoms with van der Waals surface area (Å²) < 4.78 is 5.16. The first kappa shape index (κ1) is 10.6. The molecule has 0 bridgehead atoms. The molecule has 78 valence electrons. The number of rotatable bonds is 3. The molecule has 0 aromatic carbocycles. The molecule has 1 aromatic rings. The van der Waals surface area contributed by atoms with Crippen LogP contribution in [0.2, 0.25) is 0 Å². The minimum absolute atomic E-state index is 0.00361. The zero-order chi connectivity index (χ0) is 10.6. The van der Waals surface area contributed by atoms with E-state index >= 15 is 0 Å². The van der Waals surface area contributed by atoms with Crippen LogP contribution in [0.1, 0.15) is 12.7 Å². The van der Waals surface area contributed by atoms with Gasteiger partial charge < -0.3 is 14.2 Å². The molecule has 0 saturated carbocycles. The van der Waals surface area contributed by atoms with Crippen molar-refractivity contribution >= 4 is 6.03 Å². The van der Waals surface area contributed by atoms with Gasteiger partial charge in [0.2, 0.25) is 0 Å². The Bertz CT molecular complexity index is 282. The van der Waals surface area contributed by atoms with Crippen LogP contribution in [0.15, 0.2) is 22.8 Å². The highest BCUT2D eigenvalue weighted by atomic mass is 16.3. The summed E-state index contributed by atoms with van der Waals surface area (Å²) in [5.41, 5.74) is 0. The number of urea groups is 1. The fraction of sp³-hybridized carbons (Fsp3) is 0.500. The fourth-order valence-electron chi connectivity index (χ4n) is 1.13. The molecule has 0 atom stereocenters. The maximum atomic E-state index is 11.6. The summed E-state index contributed by atoms with van der Waals surface area (Å²) in [6.07, 6.45) is 1.61. The first-order valence-electron chi connectivity index (χ1n) is 4.63. The van der Waals surface area contributed by atoms with Gasteiger partial charge in [-0.2, -0.15) is 0 Å². The van der Waals surface area contributed by atoms with Gasteiger partial charge in [0.15, 0.2) is 0 Å². The molecule has 0 N–H and O–H groups in total. The molecule has 0 radical (unpaired) electrons. The van der Waals surface area contributed by atoms with E-state index in [0.717, 1.165) is 5.76 Å². The highest BCUT2D eigenvalue weighted by Gasteiger charge is 2.13. The van der Waals surface area contributed by atoms with E-state index in [4.69, 9.17) is 4.42 Å². The van der Waals surface area contributed by atoms with Crippen molar-refractivity contribution in [3.8, 4) is 0 Å². The lowest BCUT2D eigenvalue weighted by atomic mass is 10.4. The van der Waals surface area contributed by atoms with Crippen molar-refractivity contribution in [2.45, 2.75) is 13.5 Å². The second-order valence-electron chi connectivity index (χ2n) is 3.23. The van der Waals surface area contributed by atoms with Gasteiger partial charge in [0.25, 0.3) is 0 Å². The lowest BCUT2D eigenvalue weighted by molar-refractivity contribution is 0.170. The van der Waals surface area contributed by atoms with Crippen molar-refractivity contribution in [3.63, 3.8) is 0 Å². The summed E-state index contributed by atoms with van der Waals surface area (Å²) >= 11 is 0. The third-order valence-corrected chi connectivity index (χ3v) is 2.10. The van der Waals surface area contributed by atoms with Crippen molar-refractivity contribution in [2.24, 2.45) is 0 Å². The average molecular weight is 196 g/mol. The van der Waals surface area contributed by atoms with Crippen molar-refractivity contribution in [1.29, 1.82) is 0 Å². The van der Waals surface area contributed by atoms with Crippen molar-refractivity contribution in [2.75, 3.05) is 20.6 Å². The Morgan fingerprint density at radius 1 is 1.43 bits per heavy atom. The molecule has 0 aliphatic rings. The van der Waals surface area contributed by atoms with E-state index in [9.17, 15) is 4.79 Å². The van der Waals surface area contributed by atoms with Crippen LogP contribution in [-0.2, 0) is 6.54 Å². The largest absolute Gasteiger partial charge is 0.467 e. The molecule has 2 amide bonds. The first-order chi connectivity index (χ1) is 6.65. The fourth-order valence-corrected chi connectivity index (χ4v) is 1.13. The smallest absolute Gasteiger partial charge is 0.319 e. The van der Waals surface area contributed by atoms with Gasteiger partial charge in [0.1, 0.15) is 5.76 Å². The predicted molar refractivity (Wildman–Crippen MR) is 53.9 cm³/mol. The molecule has 1 aromatic heterocycles. The van der Waals surface area contributed by atoms with Crippen LogP contribution in [0.25, 0.3) is 0 Å². The molecular weight excluding hydrogens is 180 g/mol. The van der Waals surface area contributed by atoms with Gasteiger partial charge in [-0.25, -0.2) is 4.79 Å². The van der Waals surface area contributed by atoms with Crippen LogP contribution in [-0.4, -0.2) is 36.5 Å². The van der Waals surface area contributed by atoms with E-state index in [1.807, 2.05) is 19.1 Å². The maximum Gasteiger partial charge on any atom is 0.319 e. The van der Waals surface area contributed by atoms with E-state index < -0.39 is 0 Å². The lowest BCUT2D eigenvalue weighted by Gasteiger charge is -2.22. The molecule has 1 rings (SSSR count). The minimum Gasteiger partial charge on any atom is -0.467 e. The summed E-state index contributed by atoms with van der Waals surface area (Å²) in [7, 11) is 3.54. The van der Waals surface area contributed by atoms with E-state index in [-0.39, 0.29) is 6.03 Å². The first-order valence-corrected chi connectivity index (χ1v) is 4.63. The Hall–Kier alpha value is -1.45. The summed E-state index contributed by atoms with van der Waals surface area (Å²) in [5.74, 6) is 0.797. The van der Waals surface area contributed by atoms with Gasteiger partial charge in [-0.15, -0.1) is 0 Å². The summed E-state index contributed by atoms with van der Waals surface area (Å²) in [6, 6.07) is 3.68. The van der Waals surface area contributed by atoms with E-state index in [0.29, 0.717) is 13.1 Å². The Morgan fingerprint density at radius 3 is 2.64 bits per heavy atom. The van der Waals surface area contributed by atoms with Gasteiger partial charge in [0.05, 0.1) is 12.8 Å². The summed E-state index contributed by atoms with van der Waals surface area (Å²) in [5, 5.41) is 0. The molecule has 0 aliphatic heterocycles. The molecule has 4 nitrogen and oxygen atoms in total. The van der Waals surface area contributed by atoms with E-state index in [1.165, 1.54) is 0 Å². The normalized spacial score (nSPS) is 9.93. The SMILES string of the molecule is CCN(C)C(=O)N(C)Cc1ccco1. The number of hydrogen-bond donors (Lipinski definition) is 0. The van der Waals surface area contributed by atoms with Crippen molar-refractivity contribution in [3.05, 3.63) is 24.2 Å². The number of amides is 2. The Kier molecular flexibility index (Phi) is 3.56. The molecular formula is C10H16N2O2. The van der Waals surface area contributed by atoms with Gasteiger partial charge in [-0.05, 0) is 19.1 Å². The quantitative estimate of drug-likeness (QED) is 0.739. The summed E-state index contributed by atoms with van der Waals surface area (Å²) in [4.78, 5) is 14.9. The third kappa shape index (κ3) is 2.52. The monoisotopic (exact) mass is 196 g/mol. The van der Waals surface area contributed by atoms with Crippen molar-refractivity contribution in [1.82, 2.24) is 9.80 Å². The van der Waals surface area contributed by atoms with E-state index in [1.54, 1.807) is 30.2 Å². The molecule has 0 saturated heterocycles. The molecule has 1 heterocycles. The van der Waals surface area contributed by atoms with Crippen LogP contribution in [0.3, 0.4) is 0 Å². The van der Waals surface area contributed by atoms with Crippen LogP contribution < -0.4 is 0 Å². The number of hydrogen-bond acceptors (Lipinski definition) is 2. The number of nitrogens with zero attached hydrogens (tertiary/aromatic N) is 2.